The van der Waals surface area contributed by atoms with Gasteiger partial charge in [-0.25, -0.2) is 0 Å². The van der Waals surface area contributed by atoms with E-state index in [1.807, 2.05) is 37.4 Å². The van der Waals surface area contributed by atoms with Crippen LogP contribution in [0.1, 0.15) is 38.2 Å². The molecule has 19 heavy (non-hydrogen) atoms. The Morgan fingerprint density at radius 3 is 3.00 bits per heavy atom. The largest absolute Gasteiger partial charge is 0.385 e. The fraction of sp³-hybridized carbons (Fsp3) is 0.500. The lowest BCUT2D eigenvalue weighted by atomic mass is 9.85. The molecule has 2 unspecified atom stereocenters. The smallest absolute Gasteiger partial charge is 0.0889 e. The fourth-order valence-electron chi connectivity index (χ4n) is 3.24. The number of H-pyrrole nitrogens is 1. The second-order valence-corrected chi connectivity index (χ2v) is 5.87. The Bertz CT molecular complexity index is 553. The molecule has 1 aromatic heterocycles. The predicted molar refractivity (Wildman–Crippen MR) is 78.1 cm³/mol. The van der Waals surface area contributed by atoms with Crippen LogP contribution in [0.3, 0.4) is 0 Å². The van der Waals surface area contributed by atoms with Gasteiger partial charge in [0.25, 0.3) is 0 Å². The van der Waals surface area contributed by atoms with Crippen molar-refractivity contribution in [2.24, 2.45) is 0 Å². The van der Waals surface area contributed by atoms with Crippen LogP contribution >= 0.6 is 0 Å². The first-order valence-corrected chi connectivity index (χ1v) is 7.19. The normalized spacial score (nSPS) is 23.4. The van der Waals surface area contributed by atoms with Crippen LogP contribution in [0.15, 0.2) is 30.5 Å². The molecular weight excluding hydrogens is 236 g/mol. The summed E-state index contributed by atoms with van der Waals surface area (Å²) >= 11 is 0. The van der Waals surface area contributed by atoms with Crippen molar-refractivity contribution >= 4 is 10.9 Å². The van der Waals surface area contributed by atoms with Crippen molar-refractivity contribution in [2.75, 3.05) is 6.54 Å². The van der Waals surface area contributed by atoms with Gasteiger partial charge in [-0.3, -0.25) is 0 Å². The lowest BCUT2D eigenvalue weighted by Gasteiger charge is -2.32. The second kappa shape index (κ2) is 4.99. The van der Waals surface area contributed by atoms with E-state index in [2.05, 4.69) is 10.3 Å². The molecule has 0 amide bonds. The molecule has 1 aromatic carbocycles. The van der Waals surface area contributed by atoms with Gasteiger partial charge in [-0.15, -0.1) is 0 Å². The Morgan fingerprint density at radius 2 is 2.21 bits per heavy atom. The monoisotopic (exact) mass is 258 g/mol. The first-order valence-electron chi connectivity index (χ1n) is 7.19. The quantitative estimate of drug-likeness (QED) is 0.793. The van der Waals surface area contributed by atoms with E-state index >= 15 is 0 Å². The Kier molecular flexibility index (Phi) is 3.33. The number of piperidine rings is 1. The molecular formula is C16H22N2O. The molecule has 102 valence electrons. The molecule has 0 aliphatic carbocycles. The predicted octanol–water partition coefficient (Wildman–Crippen LogP) is 2.91. The minimum atomic E-state index is -0.781. The van der Waals surface area contributed by atoms with Gasteiger partial charge in [-0.05, 0) is 50.4 Å². The van der Waals surface area contributed by atoms with Gasteiger partial charge in [0.1, 0.15) is 0 Å². The van der Waals surface area contributed by atoms with E-state index in [-0.39, 0.29) is 0 Å². The molecule has 3 nitrogen and oxygen atoms in total. The third-order valence-electron chi connectivity index (χ3n) is 4.23. The van der Waals surface area contributed by atoms with Gasteiger partial charge >= 0.3 is 0 Å². The average Bonchev–Trinajstić information content (AvgIpc) is 2.87. The number of nitrogens with one attached hydrogen (secondary N) is 2. The molecule has 0 bridgehead atoms. The number of benzene rings is 1. The minimum Gasteiger partial charge on any atom is -0.385 e. The average molecular weight is 258 g/mol. The molecule has 0 spiro atoms. The standard InChI is InChI=1S/C16H22N2O/c1-16(19,11-12-5-2-3-9-17-12)14-6-4-7-15-13(14)8-10-18-15/h4,6-8,10,12,17-19H,2-3,5,9,11H2,1H3. The maximum atomic E-state index is 10.9. The van der Waals surface area contributed by atoms with Gasteiger partial charge < -0.3 is 15.4 Å². The summed E-state index contributed by atoms with van der Waals surface area (Å²) in [6.07, 6.45) is 6.40. The lowest BCUT2D eigenvalue weighted by molar-refractivity contribution is 0.0346. The van der Waals surface area contributed by atoms with E-state index in [9.17, 15) is 5.11 Å². The summed E-state index contributed by atoms with van der Waals surface area (Å²) in [5.74, 6) is 0. The van der Waals surface area contributed by atoms with E-state index in [0.29, 0.717) is 6.04 Å². The maximum Gasteiger partial charge on any atom is 0.0889 e. The summed E-state index contributed by atoms with van der Waals surface area (Å²) in [5, 5.41) is 15.5. The molecule has 1 saturated heterocycles. The summed E-state index contributed by atoms with van der Waals surface area (Å²) in [6.45, 7) is 3.01. The minimum absolute atomic E-state index is 0.429. The molecule has 3 heteroatoms. The highest BCUT2D eigenvalue weighted by Crippen LogP contribution is 2.33. The zero-order valence-corrected chi connectivity index (χ0v) is 11.4. The number of fused-ring (bicyclic) bond motifs is 1. The van der Waals surface area contributed by atoms with Crippen molar-refractivity contribution in [3.63, 3.8) is 0 Å². The topological polar surface area (TPSA) is 48.0 Å². The number of rotatable bonds is 3. The summed E-state index contributed by atoms with van der Waals surface area (Å²) < 4.78 is 0. The number of aromatic amines is 1. The van der Waals surface area contributed by atoms with Crippen LogP contribution in [0.4, 0.5) is 0 Å². The number of aromatic nitrogens is 1. The maximum absolute atomic E-state index is 10.9. The number of hydrogen-bond acceptors (Lipinski definition) is 2. The van der Waals surface area contributed by atoms with Crippen molar-refractivity contribution in [1.29, 1.82) is 0 Å². The van der Waals surface area contributed by atoms with Gasteiger partial charge in [0, 0.05) is 23.1 Å². The van der Waals surface area contributed by atoms with Gasteiger partial charge in [0.2, 0.25) is 0 Å². The van der Waals surface area contributed by atoms with Crippen LogP contribution in [0, 0.1) is 0 Å². The molecule has 2 atom stereocenters. The molecule has 3 rings (SSSR count). The fourth-order valence-corrected chi connectivity index (χ4v) is 3.24. The van der Waals surface area contributed by atoms with E-state index in [4.69, 9.17) is 0 Å². The highest BCUT2D eigenvalue weighted by Gasteiger charge is 2.29. The van der Waals surface area contributed by atoms with Crippen molar-refractivity contribution in [3.8, 4) is 0 Å². The molecule has 3 N–H and O–H groups in total. The third-order valence-corrected chi connectivity index (χ3v) is 4.23. The van der Waals surface area contributed by atoms with Gasteiger partial charge in [0.05, 0.1) is 5.60 Å². The van der Waals surface area contributed by atoms with Crippen molar-refractivity contribution in [3.05, 3.63) is 36.0 Å². The Morgan fingerprint density at radius 1 is 1.32 bits per heavy atom. The Labute approximate surface area is 114 Å². The highest BCUT2D eigenvalue weighted by molar-refractivity contribution is 5.83. The van der Waals surface area contributed by atoms with Gasteiger partial charge in [0.15, 0.2) is 0 Å². The highest BCUT2D eigenvalue weighted by atomic mass is 16.3. The lowest BCUT2D eigenvalue weighted by Crippen LogP contribution is -2.39. The Hall–Kier alpha value is -1.32. The SMILES string of the molecule is CC(O)(CC1CCCCN1)c1cccc2[nH]ccc12. The summed E-state index contributed by atoms with van der Waals surface area (Å²) in [6, 6.07) is 8.58. The van der Waals surface area contributed by atoms with Crippen LogP contribution in [0.2, 0.25) is 0 Å². The Balaban J connectivity index is 1.88. The van der Waals surface area contributed by atoms with Crippen molar-refractivity contribution in [2.45, 2.75) is 44.2 Å². The molecule has 2 aromatic rings. The van der Waals surface area contributed by atoms with Crippen LogP contribution in [-0.2, 0) is 5.60 Å². The van der Waals surface area contributed by atoms with Crippen LogP contribution in [-0.4, -0.2) is 22.7 Å². The molecule has 0 radical (unpaired) electrons. The second-order valence-electron chi connectivity index (χ2n) is 5.87. The van der Waals surface area contributed by atoms with Crippen molar-refractivity contribution in [1.82, 2.24) is 10.3 Å². The van der Waals surface area contributed by atoms with Crippen LogP contribution < -0.4 is 5.32 Å². The van der Waals surface area contributed by atoms with E-state index < -0.39 is 5.60 Å². The molecule has 1 fully saturated rings. The summed E-state index contributed by atoms with van der Waals surface area (Å²) in [5.41, 5.74) is 1.34. The van der Waals surface area contributed by atoms with Gasteiger partial charge in [-0.1, -0.05) is 18.6 Å². The van der Waals surface area contributed by atoms with Crippen LogP contribution in [0.25, 0.3) is 10.9 Å². The van der Waals surface area contributed by atoms with E-state index in [0.717, 1.165) is 29.4 Å². The zero-order valence-electron chi connectivity index (χ0n) is 11.4. The van der Waals surface area contributed by atoms with E-state index in [1.165, 1.54) is 19.3 Å². The molecule has 0 saturated carbocycles. The first-order chi connectivity index (χ1) is 9.17. The number of aliphatic hydroxyl groups is 1. The number of hydrogen-bond donors (Lipinski definition) is 3. The van der Waals surface area contributed by atoms with E-state index in [1.54, 1.807) is 0 Å². The first kappa shape index (κ1) is 12.7. The molecule has 1 aliphatic heterocycles. The van der Waals surface area contributed by atoms with Crippen molar-refractivity contribution < 1.29 is 5.11 Å². The zero-order chi connectivity index (χ0) is 13.3. The molecule has 2 heterocycles. The summed E-state index contributed by atoms with van der Waals surface area (Å²) in [7, 11) is 0. The summed E-state index contributed by atoms with van der Waals surface area (Å²) in [4.78, 5) is 3.21. The molecule has 1 aliphatic rings. The third kappa shape index (κ3) is 2.53. The van der Waals surface area contributed by atoms with Gasteiger partial charge in [-0.2, -0.15) is 0 Å². The van der Waals surface area contributed by atoms with Crippen LogP contribution in [0.5, 0.6) is 0 Å².